The van der Waals surface area contributed by atoms with Gasteiger partial charge in [-0.05, 0) is 44.6 Å². The number of ether oxygens (including phenoxy) is 1. The number of fused-ring (bicyclic) bond motifs is 1. The maximum atomic E-state index is 5.31. The molecule has 2 aromatic heterocycles. The molecule has 1 aromatic carbocycles. The van der Waals surface area contributed by atoms with Crippen LogP contribution in [-0.4, -0.2) is 40.8 Å². The van der Waals surface area contributed by atoms with Crippen LogP contribution >= 0.6 is 11.3 Å². The van der Waals surface area contributed by atoms with Gasteiger partial charge in [-0.2, -0.15) is 0 Å². The van der Waals surface area contributed by atoms with E-state index in [-0.39, 0.29) is 0 Å². The van der Waals surface area contributed by atoms with Gasteiger partial charge in [-0.3, -0.25) is 4.90 Å². The predicted octanol–water partition coefficient (Wildman–Crippen LogP) is 6.76. The van der Waals surface area contributed by atoms with E-state index < -0.39 is 0 Å². The molecule has 1 aliphatic rings. The van der Waals surface area contributed by atoms with Crippen LogP contribution in [0.5, 0.6) is 0 Å². The lowest BCUT2D eigenvalue weighted by Crippen LogP contribution is -2.33. The summed E-state index contributed by atoms with van der Waals surface area (Å²) in [5.41, 5.74) is 5.34. The first-order valence-electron chi connectivity index (χ1n) is 12.4. The van der Waals surface area contributed by atoms with Gasteiger partial charge >= 0.3 is 0 Å². The van der Waals surface area contributed by atoms with Crippen molar-refractivity contribution >= 4 is 22.2 Å². The zero-order chi connectivity index (χ0) is 22.5. The number of thiazole rings is 1. The Morgan fingerprint density at radius 1 is 1.22 bits per heavy atom. The Labute approximate surface area is 197 Å². The van der Waals surface area contributed by atoms with Crippen LogP contribution in [0.2, 0.25) is 0 Å². The molecule has 0 unspecified atom stereocenters. The second kappa shape index (κ2) is 11.0. The largest absolute Gasteiger partial charge is 0.383 e. The maximum Gasteiger partial charge on any atom is 0.125 e. The lowest BCUT2D eigenvalue weighted by Gasteiger charge is -2.25. The SMILES string of the molecule is CCc1cccc2c(-c3nc(CN(CCOC)C(C)C)cs3)cn(CC3CCCCC3)c12. The number of methoxy groups -OCH3 is 1. The van der Waals surface area contributed by atoms with Gasteiger partial charge in [0.2, 0.25) is 0 Å². The Bertz CT molecular complexity index is 1000. The zero-order valence-corrected chi connectivity index (χ0v) is 21.1. The van der Waals surface area contributed by atoms with Crippen molar-refractivity contribution in [2.24, 2.45) is 5.92 Å². The molecule has 0 saturated heterocycles. The summed E-state index contributed by atoms with van der Waals surface area (Å²) >= 11 is 1.79. The van der Waals surface area contributed by atoms with Crippen molar-refractivity contribution in [3.8, 4) is 10.6 Å². The number of nitrogens with zero attached hydrogens (tertiary/aromatic N) is 3. The minimum atomic E-state index is 0.472. The van der Waals surface area contributed by atoms with Crippen LogP contribution in [0.4, 0.5) is 0 Å². The van der Waals surface area contributed by atoms with E-state index in [1.54, 1.807) is 18.4 Å². The molecule has 0 bridgehead atoms. The molecule has 4 nitrogen and oxygen atoms in total. The number of aryl methyl sites for hydroxylation is 1. The van der Waals surface area contributed by atoms with E-state index >= 15 is 0 Å². The third kappa shape index (κ3) is 5.27. The minimum absolute atomic E-state index is 0.472. The van der Waals surface area contributed by atoms with Crippen LogP contribution in [0.3, 0.4) is 0 Å². The molecule has 5 heteroatoms. The summed E-state index contributed by atoms with van der Waals surface area (Å²) in [6.45, 7) is 10.5. The highest BCUT2D eigenvalue weighted by atomic mass is 32.1. The molecule has 0 amide bonds. The van der Waals surface area contributed by atoms with Gasteiger partial charge in [-0.25, -0.2) is 4.98 Å². The first-order valence-corrected chi connectivity index (χ1v) is 13.3. The quantitative estimate of drug-likeness (QED) is 0.339. The van der Waals surface area contributed by atoms with Crippen molar-refractivity contribution in [3.05, 3.63) is 41.0 Å². The third-order valence-electron chi connectivity index (χ3n) is 7.00. The molecule has 32 heavy (non-hydrogen) atoms. The molecule has 1 saturated carbocycles. The topological polar surface area (TPSA) is 30.3 Å². The molecule has 0 N–H and O–H groups in total. The average Bonchev–Trinajstić information content (AvgIpc) is 3.41. The summed E-state index contributed by atoms with van der Waals surface area (Å²) in [5, 5.41) is 4.75. The maximum absolute atomic E-state index is 5.31. The second-order valence-corrected chi connectivity index (χ2v) is 10.4. The molecule has 1 aliphatic carbocycles. The van der Waals surface area contributed by atoms with Crippen molar-refractivity contribution < 1.29 is 4.74 Å². The molecule has 4 rings (SSSR count). The van der Waals surface area contributed by atoms with E-state index in [0.29, 0.717) is 6.04 Å². The number of benzene rings is 1. The van der Waals surface area contributed by atoms with Gasteiger partial charge < -0.3 is 9.30 Å². The molecule has 174 valence electrons. The van der Waals surface area contributed by atoms with Crippen molar-refractivity contribution in [2.75, 3.05) is 20.3 Å². The van der Waals surface area contributed by atoms with E-state index in [9.17, 15) is 0 Å². The normalized spacial score (nSPS) is 15.4. The Morgan fingerprint density at radius 3 is 2.75 bits per heavy atom. The molecule has 1 fully saturated rings. The highest BCUT2D eigenvalue weighted by molar-refractivity contribution is 7.13. The summed E-state index contributed by atoms with van der Waals surface area (Å²) in [6.07, 6.45) is 10.4. The standard InChI is InChI=1S/C27H39N3OS/c1-5-22-12-9-13-24-25(18-30(26(22)24)16-21-10-7-6-8-11-21)27-28-23(19-32-27)17-29(20(2)3)14-15-31-4/h9,12-13,18-21H,5-8,10-11,14-17H2,1-4H3. The highest BCUT2D eigenvalue weighted by Gasteiger charge is 2.20. The summed E-state index contributed by atoms with van der Waals surface area (Å²) in [5.74, 6) is 0.810. The number of rotatable bonds is 10. The number of aromatic nitrogens is 2. The molecule has 3 aromatic rings. The molecular weight excluding hydrogens is 414 g/mol. The van der Waals surface area contributed by atoms with Crippen molar-refractivity contribution in [1.29, 1.82) is 0 Å². The molecular formula is C27H39N3OS. The van der Waals surface area contributed by atoms with Crippen LogP contribution < -0.4 is 0 Å². The third-order valence-corrected chi connectivity index (χ3v) is 7.93. The van der Waals surface area contributed by atoms with Gasteiger partial charge in [0, 0.05) is 55.3 Å². The van der Waals surface area contributed by atoms with Gasteiger partial charge in [-0.1, -0.05) is 44.4 Å². The molecule has 0 radical (unpaired) electrons. The van der Waals surface area contributed by atoms with Crippen molar-refractivity contribution in [3.63, 3.8) is 0 Å². The fourth-order valence-corrected chi connectivity index (χ4v) is 5.96. The van der Waals surface area contributed by atoms with Crippen LogP contribution in [0.25, 0.3) is 21.5 Å². The zero-order valence-electron chi connectivity index (χ0n) is 20.3. The van der Waals surface area contributed by atoms with E-state index in [1.165, 1.54) is 54.1 Å². The molecule has 2 heterocycles. The van der Waals surface area contributed by atoms with E-state index in [1.807, 2.05) is 0 Å². The number of hydrogen-bond acceptors (Lipinski definition) is 4. The van der Waals surface area contributed by atoms with E-state index in [2.05, 4.69) is 60.0 Å². The van der Waals surface area contributed by atoms with Gasteiger partial charge in [0.15, 0.2) is 0 Å². The summed E-state index contributed by atoms with van der Waals surface area (Å²) < 4.78 is 7.86. The Balaban J connectivity index is 1.64. The summed E-state index contributed by atoms with van der Waals surface area (Å²) in [4.78, 5) is 7.53. The van der Waals surface area contributed by atoms with Crippen molar-refractivity contribution in [1.82, 2.24) is 14.5 Å². The molecule has 0 atom stereocenters. The first kappa shape index (κ1) is 23.5. The predicted molar refractivity (Wildman–Crippen MR) is 136 cm³/mol. The minimum Gasteiger partial charge on any atom is -0.383 e. The lowest BCUT2D eigenvalue weighted by atomic mass is 9.89. The number of hydrogen-bond donors (Lipinski definition) is 0. The fourth-order valence-electron chi connectivity index (χ4n) is 5.13. The van der Waals surface area contributed by atoms with Crippen LogP contribution in [0, 0.1) is 5.92 Å². The molecule has 0 aliphatic heterocycles. The average molecular weight is 454 g/mol. The van der Waals surface area contributed by atoms with Gasteiger partial charge in [-0.15, -0.1) is 11.3 Å². The Morgan fingerprint density at radius 2 is 2.03 bits per heavy atom. The summed E-state index contributed by atoms with van der Waals surface area (Å²) in [6, 6.07) is 7.28. The van der Waals surface area contributed by atoms with Gasteiger partial charge in [0.05, 0.1) is 17.8 Å². The summed E-state index contributed by atoms with van der Waals surface area (Å²) in [7, 11) is 1.77. The first-order chi connectivity index (χ1) is 15.6. The Kier molecular flexibility index (Phi) is 8.03. The highest BCUT2D eigenvalue weighted by Crippen LogP contribution is 2.36. The smallest absolute Gasteiger partial charge is 0.125 e. The monoisotopic (exact) mass is 453 g/mol. The van der Waals surface area contributed by atoms with Crippen molar-refractivity contribution in [2.45, 2.75) is 78.4 Å². The van der Waals surface area contributed by atoms with Crippen LogP contribution in [0.15, 0.2) is 29.8 Å². The molecule has 0 spiro atoms. The van der Waals surface area contributed by atoms with E-state index in [4.69, 9.17) is 9.72 Å². The van der Waals surface area contributed by atoms with Crippen LogP contribution in [0.1, 0.15) is 64.1 Å². The Hall–Kier alpha value is -1.69. The van der Waals surface area contributed by atoms with E-state index in [0.717, 1.165) is 49.3 Å². The van der Waals surface area contributed by atoms with Crippen LogP contribution in [-0.2, 0) is 24.2 Å². The van der Waals surface area contributed by atoms with Gasteiger partial charge in [0.1, 0.15) is 5.01 Å². The fraction of sp³-hybridized carbons (Fsp3) is 0.593. The van der Waals surface area contributed by atoms with Gasteiger partial charge in [0.25, 0.3) is 0 Å². The second-order valence-electron chi connectivity index (χ2n) is 9.57. The number of para-hydroxylation sites is 1. The lowest BCUT2D eigenvalue weighted by molar-refractivity contribution is 0.124.